The van der Waals surface area contributed by atoms with Gasteiger partial charge in [0.1, 0.15) is 5.78 Å². The van der Waals surface area contributed by atoms with Gasteiger partial charge in [-0.25, -0.2) is 0 Å². The molecule has 0 radical (unpaired) electrons. The highest BCUT2D eigenvalue weighted by Gasteiger charge is 2.13. The van der Waals surface area contributed by atoms with E-state index in [-0.39, 0.29) is 5.78 Å². The summed E-state index contributed by atoms with van der Waals surface area (Å²) < 4.78 is 2.86. The molecule has 0 aliphatic heterocycles. The van der Waals surface area contributed by atoms with Crippen molar-refractivity contribution in [2.75, 3.05) is 0 Å². The summed E-state index contributed by atoms with van der Waals surface area (Å²) >= 11 is 3.39. The number of aromatic nitrogens is 2. The summed E-state index contributed by atoms with van der Waals surface area (Å²) in [6, 6.07) is 7.88. The number of ketones is 1. The summed E-state index contributed by atoms with van der Waals surface area (Å²) in [7, 11) is 1.91. The molecule has 19 heavy (non-hydrogen) atoms. The van der Waals surface area contributed by atoms with Crippen LogP contribution in [0.1, 0.15) is 22.5 Å². The Morgan fingerprint density at radius 2 is 1.84 bits per heavy atom. The Morgan fingerprint density at radius 1 is 1.21 bits per heavy atom. The average Bonchev–Trinajstić information content (AvgIpc) is 2.59. The van der Waals surface area contributed by atoms with Crippen molar-refractivity contribution in [3.8, 4) is 0 Å². The van der Waals surface area contributed by atoms with Gasteiger partial charge < -0.3 is 0 Å². The fourth-order valence-corrected chi connectivity index (χ4v) is 2.43. The second-order valence-corrected chi connectivity index (χ2v) is 5.71. The molecule has 0 amide bonds. The Balaban J connectivity index is 2.07. The molecule has 0 atom stereocenters. The van der Waals surface area contributed by atoms with E-state index < -0.39 is 0 Å². The van der Waals surface area contributed by atoms with Crippen LogP contribution >= 0.6 is 15.9 Å². The standard InChI is InChI=1S/C15H17BrN2O/c1-10-15(11(2)18(3)17-10)9-14(19)8-12-4-6-13(16)7-5-12/h4-7H,8-9H2,1-3H3. The first kappa shape index (κ1) is 14.0. The molecule has 0 aliphatic rings. The van der Waals surface area contributed by atoms with Gasteiger partial charge in [0, 0.05) is 35.6 Å². The van der Waals surface area contributed by atoms with Crippen LogP contribution < -0.4 is 0 Å². The van der Waals surface area contributed by atoms with Crippen molar-refractivity contribution in [3.63, 3.8) is 0 Å². The van der Waals surface area contributed by atoms with Gasteiger partial charge in [-0.05, 0) is 31.5 Å². The molecule has 1 aromatic carbocycles. The van der Waals surface area contributed by atoms with Crippen LogP contribution in [0.3, 0.4) is 0 Å². The number of halogens is 1. The predicted octanol–water partition coefficient (Wildman–Crippen LogP) is 3.15. The number of benzene rings is 1. The molecule has 1 aromatic heterocycles. The maximum absolute atomic E-state index is 12.1. The number of carbonyl (C=O) groups excluding carboxylic acids is 1. The van der Waals surface area contributed by atoms with Gasteiger partial charge in [-0.1, -0.05) is 28.1 Å². The highest BCUT2D eigenvalue weighted by atomic mass is 79.9. The normalized spacial score (nSPS) is 10.7. The summed E-state index contributed by atoms with van der Waals surface area (Å²) in [5, 5.41) is 4.34. The third-order valence-corrected chi connectivity index (χ3v) is 3.88. The van der Waals surface area contributed by atoms with Crippen LogP contribution in [-0.2, 0) is 24.7 Å². The molecule has 0 N–H and O–H groups in total. The van der Waals surface area contributed by atoms with Crippen LogP contribution in [0.15, 0.2) is 28.7 Å². The fraction of sp³-hybridized carbons (Fsp3) is 0.333. The zero-order chi connectivity index (χ0) is 14.0. The molecular formula is C15H17BrN2O. The first-order chi connectivity index (χ1) is 8.97. The Kier molecular flexibility index (Phi) is 4.20. The average molecular weight is 321 g/mol. The number of rotatable bonds is 4. The highest BCUT2D eigenvalue weighted by Crippen LogP contribution is 2.15. The minimum absolute atomic E-state index is 0.224. The SMILES string of the molecule is Cc1nn(C)c(C)c1CC(=O)Cc1ccc(Br)cc1. The largest absolute Gasteiger partial charge is 0.299 e. The summed E-state index contributed by atoms with van der Waals surface area (Å²) in [5.41, 5.74) is 4.13. The minimum atomic E-state index is 0.224. The second-order valence-electron chi connectivity index (χ2n) is 4.79. The molecule has 0 spiro atoms. The van der Waals surface area contributed by atoms with Gasteiger partial charge in [0.05, 0.1) is 5.69 Å². The van der Waals surface area contributed by atoms with E-state index in [0.29, 0.717) is 12.8 Å². The number of hydrogen-bond acceptors (Lipinski definition) is 2. The van der Waals surface area contributed by atoms with E-state index in [4.69, 9.17) is 0 Å². The molecule has 0 saturated heterocycles. The molecule has 0 bridgehead atoms. The van der Waals surface area contributed by atoms with Crippen molar-refractivity contribution >= 4 is 21.7 Å². The maximum atomic E-state index is 12.1. The summed E-state index contributed by atoms with van der Waals surface area (Å²) in [6.45, 7) is 3.96. The third-order valence-electron chi connectivity index (χ3n) is 3.35. The van der Waals surface area contributed by atoms with Gasteiger partial charge in [-0.2, -0.15) is 5.10 Å². The van der Waals surface area contributed by atoms with Gasteiger partial charge in [0.25, 0.3) is 0 Å². The monoisotopic (exact) mass is 320 g/mol. The summed E-state index contributed by atoms with van der Waals surface area (Å²) in [5.74, 6) is 0.224. The quantitative estimate of drug-likeness (QED) is 0.867. The third kappa shape index (κ3) is 3.32. The fourth-order valence-electron chi connectivity index (χ4n) is 2.16. The molecular weight excluding hydrogens is 304 g/mol. The molecule has 0 unspecified atom stereocenters. The lowest BCUT2D eigenvalue weighted by atomic mass is 10.0. The van der Waals surface area contributed by atoms with Crippen LogP contribution in [0.25, 0.3) is 0 Å². The van der Waals surface area contributed by atoms with E-state index in [1.165, 1.54) is 0 Å². The smallest absolute Gasteiger partial charge is 0.141 e. The molecule has 2 rings (SSSR count). The maximum Gasteiger partial charge on any atom is 0.141 e. The zero-order valence-corrected chi connectivity index (χ0v) is 13.0. The van der Waals surface area contributed by atoms with Crippen molar-refractivity contribution in [2.45, 2.75) is 26.7 Å². The minimum Gasteiger partial charge on any atom is -0.299 e. The number of hydrogen-bond donors (Lipinski definition) is 0. The predicted molar refractivity (Wildman–Crippen MR) is 79.2 cm³/mol. The number of Topliss-reactive ketones (excluding diaryl/α,β-unsaturated/α-hetero) is 1. The first-order valence-corrected chi connectivity index (χ1v) is 7.02. The molecule has 0 aliphatic carbocycles. The molecule has 0 fully saturated rings. The Morgan fingerprint density at radius 3 is 2.37 bits per heavy atom. The van der Waals surface area contributed by atoms with Crippen LogP contribution in [0.5, 0.6) is 0 Å². The topological polar surface area (TPSA) is 34.9 Å². The number of aryl methyl sites for hydroxylation is 2. The van der Waals surface area contributed by atoms with E-state index in [1.54, 1.807) is 0 Å². The molecule has 100 valence electrons. The van der Waals surface area contributed by atoms with E-state index in [1.807, 2.05) is 49.8 Å². The van der Waals surface area contributed by atoms with E-state index >= 15 is 0 Å². The number of carbonyl (C=O) groups is 1. The van der Waals surface area contributed by atoms with Crippen LogP contribution in [0.4, 0.5) is 0 Å². The molecule has 4 heteroatoms. The van der Waals surface area contributed by atoms with E-state index in [0.717, 1.165) is 27.0 Å². The lowest BCUT2D eigenvalue weighted by Crippen LogP contribution is -2.08. The lowest BCUT2D eigenvalue weighted by Gasteiger charge is -2.03. The van der Waals surface area contributed by atoms with Crippen molar-refractivity contribution in [2.24, 2.45) is 7.05 Å². The van der Waals surface area contributed by atoms with Crippen LogP contribution in [-0.4, -0.2) is 15.6 Å². The Hall–Kier alpha value is -1.42. The van der Waals surface area contributed by atoms with Gasteiger partial charge in [-0.3, -0.25) is 9.48 Å². The van der Waals surface area contributed by atoms with Gasteiger partial charge in [0.15, 0.2) is 0 Å². The Bertz CT molecular complexity index is 599. The van der Waals surface area contributed by atoms with E-state index in [9.17, 15) is 4.79 Å². The molecule has 3 nitrogen and oxygen atoms in total. The van der Waals surface area contributed by atoms with E-state index in [2.05, 4.69) is 21.0 Å². The summed E-state index contributed by atoms with van der Waals surface area (Å²) in [6.07, 6.45) is 0.933. The second kappa shape index (κ2) is 5.70. The molecule has 1 heterocycles. The summed E-state index contributed by atoms with van der Waals surface area (Å²) in [4.78, 5) is 12.1. The Labute approximate surface area is 121 Å². The van der Waals surface area contributed by atoms with Crippen molar-refractivity contribution in [3.05, 3.63) is 51.3 Å². The zero-order valence-electron chi connectivity index (χ0n) is 11.4. The molecule has 0 saturated carbocycles. The van der Waals surface area contributed by atoms with Crippen LogP contribution in [0, 0.1) is 13.8 Å². The number of nitrogens with zero attached hydrogens (tertiary/aromatic N) is 2. The molecule has 2 aromatic rings. The van der Waals surface area contributed by atoms with Crippen molar-refractivity contribution in [1.82, 2.24) is 9.78 Å². The van der Waals surface area contributed by atoms with Gasteiger partial charge in [-0.15, -0.1) is 0 Å². The van der Waals surface area contributed by atoms with Gasteiger partial charge in [0.2, 0.25) is 0 Å². The first-order valence-electron chi connectivity index (χ1n) is 6.22. The lowest BCUT2D eigenvalue weighted by molar-refractivity contribution is -0.117. The highest BCUT2D eigenvalue weighted by molar-refractivity contribution is 9.10. The van der Waals surface area contributed by atoms with Crippen molar-refractivity contribution < 1.29 is 4.79 Å². The van der Waals surface area contributed by atoms with Gasteiger partial charge >= 0.3 is 0 Å². The van der Waals surface area contributed by atoms with Crippen molar-refractivity contribution in [1.29, 1.82) is 0 Å². The van der Waals surface area contributed by atoms with Crippen LogP contribution in [0.2, 0.25) is 0 Å².